The molecular weight excluding hydrogens is 194 g/mol. The van der Waals surface area contributed by atoms with E-state index in [0.29, 0.717) is 6.54 Å². The second-order valence-corrected chi connectivity index (χ2v) is 3.14. The zero-order chi connectivity index (χ0) is 11.1. The maximum Gasteiger partial charge on any atom is 0.431 e. The quantitative estimate of drug-likeness (QED) is 0.758. The smallest absolute Gasteiger partial charge is 0.431 e. The predicted molar refractivity (Wildman–Crippen MR) is 56.3 cm³/mol. The predicted octanol–water partition coefficient (Wildman–Crippen LogP) is 2.51. The highest BCUT2D eigenvalue weighted by Gasteiger charge is 2.10. The maximum atomic E-state index is 10.7. The van der Waals surface area contributed by atoms with Crippen LogP contribution in [0.2, 0.25) is 0 Å². The van der Waals surface area contributed by atoms with Crippen LogP contribution in [0.25, 0.3) is 0 Å². The van der Waals surface area contributed by atoms with E-state index in [1.165, 1.54) is 0 Å². The minimum absolute atomic E-state index is 0.285. The van der Waals surface area contributed by atoms with Gasteiger partial charge in [0.25, 0.3) is 0 Å². The molecule has 0 radical (unpaired) electrons. The molecule has 1 rings (SSSR count). The highest BCUT2D eigenvalue weighted by molar-refractivity contribution is 5.63. The van der Waals surface area contributed by atoms with E-state index in [4.69, 9.17) is 9.94 Å². The zero-order valence-electron chi connectivity index (χ0n) is 8.72. The Hall–Kier alpha value is -1.55. The fourth-order valence-electron chi connectivity index (χ4n) is 1.15. The van der Waals surface area contributed by atoms with Gasteiger partial charge in [0.1, 0.15) is 6.61 Å². The molecule has 0 saturated heterocycles. The van der Waals surface area contributed by atoms with Gasteiger partial charge in [-0.3, -0.25) is 4.84 Å². The van der Waals surface area contributed by atoms with Gasteiger partial charge < -0.3 is 5.11 Å². The standard InChI is InChI=1S/C11H15NO3/c1-2-8-12(11(13)14)15-9-10-6-4-3-5-7-10/h3-7H,2,8-9H2,1H3,(H,13,14). The minimum atomic E-state index is -1.05. The van der Waals surface area contributed by atoms with Crippen LogP contribution in [0.4, 0.5) is 4.79 Å². The van der Waals surface area contributed by atoms with Gasteiger partial charge in [0.15, 0.2) is 0 Å². The third kappa shape index (κ3) is 3.99. The highest BCUT2D eigenvalue weighted by atomic mass is 16.7. The van der Waals surface area contributed by atoms with Crippen molar-refractivity contribution in [1.82, 2.24) is 5.06 Å². The van der Waals surface area contributed by atoms with E-state index in [9.17, 15) is 4.79 Å². The summed E-state index contributed by atoms with van der Waals surface area (Å²) in [7, 11) is 0. The lowest BCUT2D eigenvalue weighted by Crippen LogP contribution is -2.30. The van der Waals surface area contributed by atoms with E-state index in [0.717, 1.165) is 17.0 Å². The van der Waals surface area contributed by atoms with Crippen molar-refractivity contribution in [3.8, 4) is 0 Å². The van der Waals surface area contributed by atoms with Crippen molar-refractivity contribution in [2.24, 2.45) is 0 Å². The van der Waals surface area contributed by atoms with Crippen LogP contribution in [0.5, 0.6) is 0 Å². The van der Waals surface area contributed by atoms with E-state index >= 15 is 0 Å². The van der Waals surface area contributed by atoms with Crippen molar-refractivity contribution >= 4 is 6.09 Å². The van der Waals surface area contributed by atoms with Crippen LogP contribution in [0, 0.1) is 0 Å². The van der Waals surface area contributed by atoms with Gasteiger partial charge in [0.05, 0.1) is 6.54 Å². The molecule has 0 aliphatic heterocycles. The number of hydrogen-bond acceptors (Lipinski definition) is 2. The van der Waals surface area contributed by atoms with Crippen LogP contribution >= 0.6 is 0 Å². The summed E-state index contributed by atoms with van der Waals surface area (Å²) in [6.45, 7) is 2.58. The lowest BCUT2D eigenvalue weighted by molar-refractivity contribution is -0.141. The Bertz CT molecular complexity index is 300. The van der Waals surface area contributed by atoms with Crippen LogP contribution in [-0.4, -0.2) is 22.8 Å². The van der Waals surface area contributed by atoms with Gasteiger partial charge in [-0.05, 0) is 12.0 Å². The van der Waals surface area contributed by atoms with Crippen molar-refractivity contribution in [3.63, 3.8) is 0 Å². The molecule has 4 nitrogen and oxygen atoms in total. The zero-order valence-corrected chi connectivity index (χ0v) is 8.72. The number of rotatable bonds is 5. The Kier molecular flexibility index (Phi) is 4.63. The van der Waals surface area contributed by atoms with Crippen LogP contribution in [0.1, 0.15) is 18.9 Å². The third-order valence-electron chi connectivity index (χ3n) is 1.87. The van der Waals surface area contributed by atoms with E-state index in [2.05, 4.69) is 0 Å². The summed E-state index contributed by atoms with van der Waals surface area (Å²) in [5.41, 5.74) is 0.958. The molecule has 0 aromatic heterocycles. The van der Waals surface area contributed by atoms with E-state index < -0.39 is 6.09 Å². The molecule has 0 aliphatic rings. The molecule has 1 aromatic carbocycles. The van der Waals surface area contributed by atoms with Crippen molar-refractivity contribution in [2.75, 3.05) is 6.54 Å². The Labute approximate surface area is 89.0 Å². The molecule has 1 aromatic rings. The number of amides is 1. The molecule has 1 N–H and O–H groups in total. The average molecular weight is 209 g/mol. The van der Waals surface area contributed by atoms with Gasteiger partial charge >= 0.3 is 6.09 Å². The Morgan fingerprint density at radius 2 is 2.07 bits per heavy atom. The fraction of sp³-hybridized carbons (Fsp3) is 0.364. The first-order valence-corrected chi connectivity index (χ1v) is 4.91. The molecule has 0 spiro atoms. The number of carboxylic acid groups (broad SMARTS) is 1. The SMILES string of the molecule is CCCN(OCc1ccccc1)C(=O)O. The summed E-state index contributed by atoms with van der Waals surface area (Å²) in [4.78, 5) is 15.9. The number of carbonyl (C=O) groups is 1. The molecule has 0 unspecified atom stereocenters. The first-order valence-electron chi connectivity index (χ1n) is 4.91. The molecule has 0 bridgehead atoms. The topological polar surface area (TPSA) is 49.8 Å². The summed E-state index contributed by atoms with van der Waals surface area (Å²) < 4.78 is 0. The molecular formula is C11H15NO3. The summed E-state index contributed by atoms with van der Waals surface area (Å²) in [6.07, 6.45) is -0.311. The van der Waals surface area contributed by atoms with Crippen LogP contribution in [0.3, 0.4) is 0 Å². The summed E-state index contributed by atoms with van der Waals surface area (Å²) in [5.74, 6) is 0. The highest BCUT2D eigenvalue weighted by Crippen LogP contribution is 2.03. The van der Waals surface area contributed by atoms with E-state index in [-0.39, 0.29) is 6.61 Å². The molecule has 0 saturated carbocycles. The fourth-order valence-corrected chi connectivity index (χ4v) is 1.15. The Balaban J connectivity index is 2.43. The molecule has 1 amide bonds. The second kappa shape index (κ2) is 6.03. The molecule has 0 atom stereocenters. The molecule has 0 aliphatic carbocycles. The molecule has 0 fully saturated rings. The van der Waals surface area contributed by atoms with Gasteiger partial charge in [0, 0.05) is 0 Å². The number of hydrogen-bond donors (Lipinski definition) is 1. The molecule has 82 valence electrons. The Morgan fingerprint density at radius 1 is 1.40 bits per heavy atom. The third-order valence-corrected chi connectivity index (χ3v) is 1.87. The maximum absolute atomic E-state index is 10.7. The first kappa shape index (κ1) is 11.5. The van der Waals surface area contributed by atoms with E-state index in [1.807, 2.05) is 37.3 Å². The van der Waals surface area contributed by atoms with Crippen molar-refractivity contribution in [2.45, 2.75) is 20.0 Å². The monoisotopic (exact) mass is 209 g/mol. The molecule has 15 heavy (non-hydrogen) atoms. The first-order chi connectivity index (χ1) is 7.24. The van der Waals surface area contributed by atoms with Gasteiger partial charge in [-0.15, -0.1) is 0 Å². The van der Waals surface area contributed by atoms with Gasteiger partial charge in [-0.25, -0.2) is 4.79 Å². The number of nitrogens with zero attached hydrogens (tertiary/aromatic N) is 1. The second-order valence-electron chi connectivity index (χ2n) is 3.14. The average Bonchev–Trinajstić information content (AvgIpc) is 2.25. The summed E-state index contributed by atoms with van der Waals surface area (Å²) >= 11 is 0. The van der Waals surface area contributed by atoms with Crippen molar-refractivity contribution in [1.29, 1.82) is 0 Å². The lowest BCUT2D eigenvalue weighted by atomic mass is 10.2. The lowest BCUT2D eigenvalue weighted by Gasteiger charge is -2.17. The Morgan fingerprint density at radius 3 is 2.60 bits per heavy atom. The number of hydroxylamine groups is 2. The minimum Gasteiger partial charge on any atom is -0.463 e. The van der Waals surface area contributed by atoms with Gasteiger partial charge in [-0.1, -0.05) is 37.3 Å². The van der Waals surface area contributed by atoms with Crippen molar-refractivity contribution in [3.05, 3.63) is 35.9 Å². The van der Waals surface area contributed by atoms with E-state index in [1.54, 1.807) is 0 Å². The van der Waals surface area contributed by atoms with Crippen LogP contribution < -0.4 is 0 Å². The van der Waals surface area contributed by atoms with Gasteiger partial charge in [-0.2, -0.15) is 5.06 Å². The van der Waals surface area contributed by atoms with Crippen molar-refractivity contribution < 1.29 is 14.7 Å². The van der Waals surface area contributed by atoms with Gasteiger partial charge in [0.2, 0.25) is 0 Å². The van der Waals surface area contributed by atoms with Crippen LogP contribution in [0.15, 0.2) is 30.3 Å². The summed E-state index contributed by atoms with van der Waals surface area (Å²) in [5, 5.41) is 9.75. The number of benzene rings is 1. The largest absolute Gasteiger partial charge is 0.463 e. The normalized spacial score (nSPS) is 9.93. The summed E-state index contributed by atoms with van der Waals surface area (Å²) in [6, 6.07) is 9.48. The molecule has 0 heterocycles. The molecule has 4 heteroatoms. The van der Waals surface area contributed by atoms with Crippen LogP contribution in [-0.2, 0) is 11.4 Å².